The second-order valence-corrected chi connectivity index (χ2v) is 11.2. The Morgan fingerprint density at radius 3 is 2.63 bits per heavy atom. The number of piperidine rings is 3. The molecule has 4 aliphatic rings. The van der Waals surface area contributed by atoms with Crippen LogP contribution in [0.3, 0.4) is 0 Å². The van der Waals surface area contributed by atoms with Crippen LogP contribution in [0.15, 0.2) is 30.3 Å². The molecule has 2 aromatic rings. The van der Waals surface area contributed by atoms with Crippen molar-refractivity contribution in [2.45, 2.75) is 45.8 Å². The summed E-state index contributed by atoms with van der Waals surface area (Å²) in [7, 11) is 0. The zero-order valence-electron chi connectivity index (χ0n) is 20.4. The second kappa shape index (κ2) is 9.72. The molecule has 188 valence electrons. The van der Waals surface area contributed by atoms with Gasteiger partial charge in [0.1, 0.15) is 17.6 Å². The summed E-state index contributed by atoms with van der Waals surface area (Å²) in [6.45, 7) is 10.1. The molecule has 0 aliphatic carbocycles. The van der Waals surface area contributed by atoms with E-state index in [1.165, 1.54) is 0 Å². The fraction of sp³-hybridized carbons (Fsp3) is 0.519. The van der Waals surface area contributed by atoms with Crippen LogP contribution in [0.2, 0.25) is 10.0 Å². The van der Waals surface area contributed by atoms with Gasteiger partial charge >= 0.3 is 6.09 Å². The maximum Gasteiger partial charge on any atom is 0.407 e. The summed E-state index contributed by atoms with van der Waals surface area (Å²) in [5.74, 6) is 1.77. The molecule has 2 atom stereocenters. The van der Waals surface area contributed by atoms with Crippen LogP contribution < -0.4 is 14.8 Å². The molecule has 3 saturated heterocycles. The predicted molar refractivity (Wildman–Crippen MR) is 138 cm³/mol. The first kappa shape index (κ1) is 24.5. The van der Waals surface area contributed by atoms with Crippen LogP contribution in [-0.4, -0.2) is 49.9 Å². The number of carbonyl (C=O) groups is 1. The lowest BCUT2D eigenvalue weighted by molar-refractivity contribution is -0.0361. The van der Waals surface area contributed by atoms with Crippen LogP contribution in [0.5, 0.6) is 11.5 Å². The van der Waals surface area contributed by atoms with Crippen LogP contribution in [0, 0.1) is 11.3 Å². The van der Waals surface area contributed by atoms with Crippen molar-refractivity contribution in [2.24, 2.45) is 11.3 Å². The van der Waals surface area contributed by atoms with Crippen LogP contribution in [0.1, 0.15) is 45.2 Å². The number of nitrogens with zero attached hydrogens (tertiary/aromatic N) is 1. The van der Waals surface area contributed by atoms with Crippen LogP contribution in [0.25, 0.3) is 11.1 Å². The van der Waals surface area contributed by atoms with E-state index in [-0.39, 0.29) is 23.7 Å². The number of ether oxygens (including phenoxy) is 3. The van der Waals surface area contributed by atoms with Crippen molar-refractivity contribution in [2.75, 3.05) is 32.8 Å². The van der Waals surface area contributed by atoms with Crippen molar-refractivity contribution < 1.29 is 19.0 Å². The SMILES string of the molecule is CCOc1cc(-c2ccc3c(c2)OCC(C)(C)C3NC(=O)O[C@H]2CN3CCC2CC3)c(Cl)cc1Cl. The number of benzene rings is 2. The summed E-state index contributed by atoms with van der Waals surface area (Å²) in [6.07, 6.45) is 1.81. The first-order valence-electron chi connectivity index (χ1n) is 12.3. The molecule has 0 spiro atoms. The third kappa shape index (κ3) is 4.93. The van der Waals surface area contributed by atoms with E-state index < -0.39 is 0 Å². The zero-order valence-corrected chi connectivity index (χ0v) is 21.9. The second-order valence-electron chi connectivity index (χ2n) is 10.4. The molecular weight excluding hydrogens is 487 g/mol. The number of hydrogen-bond donors (Lipinski definition) is 1. The molecule has 2 aromatic carbocycles. The third-order valence-corrected chi connectivity index (χ3v) is 8.06. The first-order valence-corrected chi connectivity index (χ1v) is 13.1. The summed E-state index contributed by atoms with van der Waals surface area (Å²) in [4.78, 5) is 15.4. The van der Waals surface area contributed by atoms with E-state index in [0.717, 1.165) is 54.9 Å². The number of rotatable bonds is 5. The summed E-state index contributed by atoms with van der Waals surface area (Å²) in [5.41, 5.74) is 2.32. The van der Waals surface area contributed by atoms with Crippen LogP contribution in [-0.2, 0) is 4.74 Å². The summed E-state index contributed by atoms with van der Waals surface area (Å²) < 4.78 is 17.7. The highest BCUT2D eigenvalue weighted by atomic mass is 35.5. The highest BCUT2D eigenvalue weighted by Crippen LogP contribution is 2.45. The van der Waals surface area contributed by atoms with Crippen LogP contribution >= 0.6 is 23.2 Å². The van der Waals surface area contributed by atoms with E-state index in [2.05, 4.69) is 24.1 Å². The van der Waals surface area contributed by atoms with Gasteiger partial charge in [-0.05, 0) is 62.5 Å². The van der Waals surface area contributed by atoms with Crippen molar-refractivity contribution in [1.82, 2.24) is 10.2 Å². The number of halogens is 2. The van der Waals surface area contributed by atoms with E-state index in [1.54, 1.807) is 6.07 Å². The third-order valence-electron chi connectivity index (χ3n) is 7.45. The van der Waals surface area contributed by atoms with Gasteiger partial charge in [0.2, 0.25) is 0 Å². The molecule has 1 N–H and O–H groups in total. The van der Waals surface area contributed by atoms with E-state index in [1.807, 2.05) is 31.2 Å². The number of hydrogen-bond acceptors (Lipinski definition) is 5. The number of amides is 1. The van der Waals surface area contributed by atoms with Crippen LogP contribution in [0.4, 0.5) is 4.79 Å². The maximum absolute atomic E-state index is 13.0. The Morgan fingerprint density at radius 1 is 1.17 bits per heavy atom. The number of fused-ring (bicyclic) bond motifs is 4. The molecule has 6 rings (SSSR count). The van der Waals surface area contributed by atoms with E-state index >= 15 is 0 Å². The van der Waals surface area contributed by atoms with Gasteiger partial charge in [0.15, 0.2) is 0 Å². The van der Waals surface area contributed by atoms with Gasteiger partial charge in [-0.15, -0.1) is 0 Å². The monoisotopic (exact) mass is 518 g/mol. The summed E-state index contributed by atoms with van der Waals surface area (Å²) >= 11 is 12.8. The average molecular weight is 519 g/mol. The average Bonchev–Trinajstić information content (AvgIpc) is 2.83. The first-order chi connectivity index (χ1) is 16.7. The molecule has 35 heavy (non-hydrogen) atoms. The largest absolute Gasteiger partial charge is 0.493 e. The van der Waals surface area contributed by atoms with Gasteiger partial charge in [-0.2, -0.15) is 0 Å². The lowest BCUT2D eigenvalue weighted by Crippen LogP contribution is -2.53. The minimum absolute atomic E-state index is 0.0334. The molecule has 4 aliphatic heterocycles. The molecular formula is C27H32Cl2N2O4. The van der Waals surface area contributed by atoms with Gasteiger partial charge in [0.25, 0.3) is 0 Å². The molecule has 2 bridgehead atoms. The molecule has 0 saturated carbocycles. The zero-order chi connectivity index (χ0) is 24.7. The smallest absolute Gasteiger partial charge is 0.407 e. The standard InChI is InChI=1S/C27H32Cl2N2O4/c1-4-33-23-12-19(20(28)13-21(23)29)17-5-6-18-22(11-17)34-15-27(2,3)25(18)30-26(32)35-24-14-31-9-7-16(24)8-10-31/h5-6,11-13,16,24-25H,4,7-10,14-15H2,1-3H3,(H,30,32)/t24-,25?/m0/s1. The molecule has 1 unspecified atom stereocenters. The fourth-order valence-corrected chi connectivity index (χ4v) is 6.00. The Kier molecular flexibility index (Phi) is 6.81. The van der Waals surface area contributed by atoms with Gasteiger partial charge < -0.3 is 19.5 Å². The highest BCUT2D eigenvalue weighted by molar-refractivity contribution is 6.37. The molecule has 3 fully saturated rings. The Labute approximate surface area is 216 Å². The van der Waals surface area contributed by atoms with Gasteiger partial charge in [-0.3, -0.25) is 4.90 Å². The lowest BCUT2D eigenvalue weighted by atomic mass is 9.78. The molecule has 4 heterocycles. The van der Waals surface area contributed by atoms with Crippen molar-refractivity contribution in [1.29, 1.82) is 0 Å². The molecule has 0 radical (unpaired) electrons. The van der Waals surface area contributed by atoms with Gasteiger partial charge in [0.05, 0.1) is 29.3 Å². The maximum atomic E-state index is 13.0. The van der Waals surface area contributed by atoms with E-state index in [9.17, 15) is 4.79 Å². The van der Waals surface area contributed by atoms with E-state index in [4.69, 9.17) is 37.4 Å². The Balaban J connectivity index is 1.38. The normalized spacial score (nSPS) is 26.4. The van der Waals surface area contributed by atoms with Crippen molar-refractivity contribution >= 4 is 29.3 Å². The summed E-state index contributed by atoms with van der Waals surface area (Å²) in [6, 6.07) is 9.25. The van der Waals surface area contributed by atoms with Crippen molar-refractivity contribution in [3.05, 3.63) is 45.9 Å². The number of nitrogens with one attached hydrogen (secondary N) is 1. The Morgan fingerprint density at radius 2 is 1.94 bits per heavy atom. The number of alkyl carbamates (subject to hydrolysis) is 1. The molecule has 8 heteroatoms. The minimum atomic E-state index is -0.360. The van der Waals surface area contributed by atoms with Crippen molar-refractivity contribution in [3.8, 4) is 22.6 Å². The van der Waals surface area contributed by atoms with E-state index in [0.29, 0.717) is 34.9 Å². The molecule has 0 aromatic heterocycles. The quantitative estimate of drug-likeness (QED) is 0.500. The summed E-state index contributed by atoms with van der Waals surface area (Å²) in [5, 5.41) is 4.16. The minimum Gasteiger partial charge on any atom is -0.493 e. The van der Waals surface area contributed by atoms with Gasteiger partial charge in [-0.1, -0.05) is 49.2 Å². The lowest BCUT2D eigenvalue weighted by Gasteiger charge is -2.44. The van der Waals surface area contributed by atoms with Gasteiger partial charge in [0, 0.05) is 23.1 Å². The predicted octanol–water partition coefficient (Wildman–Crippen LogP) is 6.34. The number of carbonyl (C=O) groups excluding carboxylic acids is 1. The Hall–Kier alpha value is -2.15. The molecule has 1 amide bonds. The van der Waals surface area contributed by atoms with Gasteiger partial charge in [-0.25, -0.2) is 4.79 Å². The molecule has 6 nitrogen and oxygen atoms in total. The van der Waals surface area contributed by atoms with Crippen molar-refractivity contribution in [3.63, 3.8) is 0 Å². The Bertz CT molecular complexity index is 1110. The topological polar surface area (TPSA) is 60.0 Å². The fourth-order valence-electron chi connectivity index (χ4n) is 5.46. The highest BCUT2D eigenvalue weighted by Gasteiger charge is 2.41.